The molecular formula is C15H17N2O8P. The number of carbonyl (C=O) groups is 2. The summed E-state index contributed by atoms with van der Waals surface area (Å²) in [7, 11) is -1.99. The van der Waals surface area contributed by atoms with E-state index in [1.807, 2.05) is 0 Å². The van der Waals surface area contributed by atoms with E-state index in [2.05, 4.69) is 10.1 Å². The van der Waals surface area contributed by atoms with Crippen molar-refractivity contribution in [2.75, 3.05) is 7.11 Å². The zero-order valence-corrected chi connectivity index (χ0v) is 15.4. The van der Waals surface area contributed by atoms with Crippen molar-refractivity contribution in [3.63, 3.8) is 0 Å². The van der Waals surface area contributed by atoms with Crippen molar-refractivity contribution in [1.29, 1.82) is 0 Å². The summed E-state index contributed by atoms with van der Waals surface area (Å²) < 4.78 is 22.3. The van der Waals surface area contributed by atoms with E-state index in [1.165, 1.54) is 0 Å². The van der Waals surface area contributed by atoms with Crippen LogP contribution in [0.4, 0.5) is 4.79 Å². The number of rotatable bonds is 5. The third-order valence-corrected chi connectivity index (χ3v) is 7.15. The SMILES string of the molecule is COC(=O)[C@H](CC1=C([N+](=O)[O-])C2=C(O)C3=C1P23=O)NC(=O)OC(C)(C)C. The number of methoxy groups -OCH3 is 1. The number of allylic oxidation sites excluding steroid dienone is 3. The van der Waals surface area contributed by atoms with Gasteiger partial charge in [-0.2, -0.15) is 0 Å². The van der Waals surface area contributed by atoms with Crippen molar-refractivity contribution < 1.29 is 33.7 Å². The fraction of sp³-hybridized carbons (Fsp3) is 0.467. The summed E-state index contributed by atoms with van der Waals surface area (Å²) in [6.07, 6.45) is -1.18. The van der Waals surface area contributed by atoms with Crippen LogP contribution in [0.3, 0.4) is 0 Å². The van der Waals surface area contributed by atoms with Gasteiger partial charge in [0.25, 0.3) is 5.70 Å². The number of nitro groups is 1. The summed E-state index contributed by atoms with van der Waals surface area (Å²) >= 11 is 0. The van der Waals surface area contributed by atoms with Gasteiger partial charge in [-0.1, -0.05) is 0 Å². The van der Waals surface area contributed by atoms with Gasteiger partial charge in [-0.3, -0.25) is 10.1 Å². The van der Waals surface area contributed by atoms with Gasteiger partial charge in [-0.15, -0.1) is 0 Å². The van der Waals surface area contributed by atoms with Gasteiger partial charge in [0.15, 0.2) is 7.14 Å². The minimum absolute atomic E-state index is 0.0765. The van der Waals surface area contributed by atoms with Crippen molar-refractivity contribution in [3.8, 4) is 0 Å². The summed E-state index contributed by atoms with van der Waals surface area (Å²) in [4.78, 5) is 34.6. The van der Waals surface area contributed by atoms with E-state index in [4.69, 9.17) is 4.74 Å². The molecule has 3 rings (SSSR count). The number of aliphatic hydroxyl groups is 1. The molecule has 3 aliphatic heterocycles. The van der Waals surface area contributed by atoms with E-state index in [1.54, 1.807) is 20.8 Å². The first kappa shape index (κ1) is 18.2. The standard InChI is InChI=1S/C15H17N2O8P/c1-15(2,3)25-14(20)16-7(13(19)24-4)5-6-8(17(21)22)11-9(18)12-10(6)26(11,12)23/h7,18H,5H2,1-4H3,(H,16,20)/t7-,26?/m0/s1. The summed E-state index contributed by atoms with van der Waals surface area (Å²) in [5.41, 5.74) is -1.19. The van der Waals surface area contributed by atoms with Crippen molar-refractivity contribution in [1.82, 2.24) is 5.32 Å². The number of carbonyl (C=O) groups excluding carboxylic acids is 2. The second-order valence-electron chi connectivity index (χ2n) is 7.01. The zero-order valence-electron chi connectivity index (χ0n) is 14.5. The van der Waals surface area contributed by atoms with E-state index in [9.17, 15) is 29.4 Å². The van der Waals surface area contributed by atoms with Crippen LogP contribution in [0, 0.1) is 10.1 Å². The Morgan fingerprint density at radius 1 is 1.31 bits per heavy atom. The molecule has 26 heavy (non-hydrogen) atoms. The molecule has 0 aromatic rings. The molecule has 0 radical (unpaired) electrons. The molecule has 11 heteroatoms. The molecule has 2 atom stereocenters. The van der Waals surface area contributed by atoms with Gasteiger partial charge in [-0.05, 0) is 20.8 Å². The average molecular weight is 384 g/mol. The molecule has 0 aliphatic carbocycles. The maximum Gasteiger partial charge on any atom is 0.408 e. The molecule has 0 spiro atoms. The molecule has 0 saturated carbocycles. The molecule has 140 valence electrons. The van der Waals surface area contributed by atoms with Crippen molar-refractivity contribution in [2.45, 2.75) is 38.8 Å². The van der Waals surface area contributed by atoms with Crippen LogP contribution in [0.1, 0.15) is 27.2 Å². The number of esters is 1. The van der Waals surface area contributed by atoms with Crippen molar-refractivity contribution in [3.05, 3.63) is 43.1 Å². The van der Waals surface area contributed by atoms with E-state index in [0.29, 0.717) is 0 Å². The largest absolute Gasteiger partial charge is 0.506 e. The first-order valence-electron chi connectivity index (χ1n) is 7.68. The van der Waals surface area contributed by atoms with Crippen LogP contribution < -0.4 is 5.32 Å². The Hall–Kier alpha value is -2.61. The summed E-state index contributed by atoms with van der Waals surface area (Å²) in [6.45, 7) is 4.92. The highest BCUT2D eigenvalue weighted by atomic mass is 31.2. The lowest BCUT2D eigenvalue weighted by Gasteiger charge is -2.22. The van der Waals surface area contributed by atoms with Gasteiger partial charge in [0.2, 0.25) is 0 Å². The van der Waals surface area contributed by atoms with Crippen molar-refractivity contribution >= 4 is 19.2 Å². The normalized spacial score (nSPS) is 24.0. The third-order valence-electron chi connectivity index (χ3n) is 4.13. The minimum Gasteiger partial charge on any atom is -0.506 e. The lowest BCUT2D eigenvalue weighted by atomic mass is 10.00. The molecular weight excluding hydrogens is 367 g/mol. The van der Waals surface area contributed by atoms with Gasteiger partial charge in [0.05, 0.1) is 17.3 Å². The first-order valence-corrected chi connectivity index (χ1v) is 9.39. The third kappa shape index (κ3) is 2.44. The molecule has 0 aromatic heterocycles. The Morgan fingerprint density at radius 2 is 1.92 bits per heavy atom. The Morgan fingerprint density at radius 3 is 2.42 bits per heavy atom. The zero-order chi connectivity index (χ0) is 19.6. The van der Waals surface area contributed by atoms with Crippen molar-refractivity contribution in [2.24, 2.45) is 0 Å². The van der Waals surface area contributed by atoms with Gasteiger partial charge >= 0.3 is 12.1 Å². The van der Waals surface area contributed by atoms with Crippen LogP contribution in [0.25, 0.3) is 0 Å². The maximum absolute atomic E-state index is 12.6. The fourth-order valence-electron chi connectivity index (χ4n) is 3.15. The molecule has 1 amide bonds. The Balaban J connectivity index is 1.87. The molecule has 3 heterocycles. The lowest BCUT2D eigenvalue weighted by molar-refractivity contribution is -0.420. The number of nitrogens with zero attached hydrogens (tertiary/aromatic N) is 1. The number of ether oxygens (including phenoxy) is 2. The Kier molecular flexibility index (Phi) is 3.81. The molecule has 2 N–H and O–H groups in total. The predicted octanol–water partition coefficient (Wildman–Crippen LogP) is 2.36. The lowest BCUT2D eigenvalue weighted by Crippen LogP contribution is -2.44. The van der Waals surface area contributed by atoms with Crippen LogP contribution in [-0.2, 0) is 18.8 Å². The van der Waals surface area contributed by atoms with Crippen LogP contribution >= 0.6 is 7.14 Å². The summed E-state index contributed by atoms with van der Waals surface area (Å²) in [5.74, 6) is -1.14. The van der Waals surface area contributed by atoms with Gasteiger partial charge in [0, 0.05) is 17.3 Å². The Bertz CT molecular complexity index is 905. The van der Waals surface area contributed by atoms with Gasteiger partial charge in [-0.25, -0.2) is 9.59 Å². The molecule has 0 fully saturated rings. The highest BCUT2D eigenvalue weighted by molar-refractivity contribution is 7.86. The predicted molar refractivity (Wildman–Crippen MR) is 88.1 cm³/mol. The highest BCUT2D eigenvalue weighted by Gasteiger charge is 2.74. The molecule has 0 bridgehead atoms. The fourth-order valence-corrected chi connectivity index (χ4v) is 6.32. The van der Waals surface area contributed by atoms with Crippen LogP contribution in [-0.4, -0.2) is 40.8 Å². The molecule has 0 saturated heterocycles. The Labute approximate surface area is 148 Å². The maximum atomic E-state index is 12.6. The summed E-state index contributed by atoms with van der Waals surface area (Å²) in [6, 6.07) is -1.26. The van der Waals surface area contributed by atoms with Gasteiger partial charge < -0.3 is 24.5 Å². The number of aliphatic hydroxyl groups excluding tert-OH is 1. The smallest absolute Gasteiger partial charge is 0.408 e. The van der Waals surface area contributed by atoms with E-state index < -0.39 is 41.5 Å². The number of nitrogens with one attached hydrogen (secondary N) is 1. The second kappa shape index (κ2) is 5.44. The monoisotopic (exact) mass is 384 g/mol. The molecule has 10 nitrogen and oxygen atoms in total. The molecule has 3 aliphatic rings. The number of alkyl carbamates (subject to hydrolysis) is 1. The minimum atomic E-state index is -3.10. The van der Waals surface area contributed by atoms with Gasteiger partial charge in [0.1, 0.15) is 22.7 Å². The number of hydrogen-bond acceptors (Lipinski definition) is 8. The van der Waals surface area contributed by atoms with E-state index >= 15 is 0 Å². The topological polar surface area (TPSA) is 145 Å². The molecule has 0 aromatic carbocycles. The quantitative estimate of drug-likeness (QED) is 0.318. The number of hydrogen-bond donors (Lipinski definition) is 2. The average Bonchev–Trinajstić information content (AvgIpc) is 2.98. The highest BCUT2D eigenvalue weighted by Crippen LogP contribution is 2.97. The van der Waals surface area contributed by atoms with E-state index in [0.717, 1.165) is 7.11 Å². The molecule has 1 unspecified atom stereocenters. The summed E-state index contributed by atoms with van der Waals surface area (Å²) in [5, 5.41) is 23.7. The van der Waals surface area contributed by atoms with Crippen LogP contribution in [0.5, 0.6) is 0 Å². The second-order valence-corrected chi connectivity index (χ2v) is 9.57. The van der Waals surface area contributed by atoms with Crippen LogP contribution in [0.15, 0.2) is 33.0 Å². The number of amides is 1. The first-order chi connectivity index (χ1) is 11.9. The van der Waals surface area contributed by atoms with E-state index in [-0.39, 0.29) is 33.7 Å². The van der Waals surface area contributed by atoms with Crippen LogP contribution in [0.2, 0.25) is 0 Å².